The molecule has 0 saturated heterocycles. The van der Waals surface area contributed by atoms with Crippen molar-refractivity contribution in [2.75, 3.05) is 0 Å². The van der Waals surface area contributed by atoms with Crippen molar-refractivity contribution < 1.29 is 0 Å². The fourth-order valence-corrected chi connectivity index (χ4v) is 1.34. The first-order valence-corrected chi connectivity index (χ1v) is 4.16. The third kappa shape index (κ3) is 1.51. The number of amidine groups is 1. The molecule has 2 N–H and O–H groups in total. The van der Waals surface area contributed by atoms with E-state index in [1.807, 2.05) is 24.3 Å². The zero-order valence-corrected chi connectivity index (χ0v) is 7.49. The van der Waals surface area contributed by atoms with Gasteiger partial charge in [0, 0.05) is 11.6 Å². The number of hydrogen-bond donors (Lipinski definition) is 1. The van der Waals surface area contributed by atoms with E-state index in [2.05, 4.69) is 10.5 Å². The molecule has 13 heavy (non-hydrogen) atoms. The van der Waals surface area contributed by atoms with Crippen LogP contribution in [0.4, 0.5) is 0 Å². The second kappa shape index (κ2) is 3.11. The van der Waals surface area contributed by atoms with Gasteiger partial charge in [0.2, 0.25) is 0 Å². The molecule has 0 unspecified atom stereocenters. The molecule has 65 valence electrons. The maximum atomic E-state index is 5.96. The van der Waals surface area contributed by atoms with Crippen LogP contribution in [0.25, 0.3) is 5.70 Å². The second-order valence-electron chi connectivity index (χ2n) is 2.63. The van der Waals surface area contributed by atoms with Crippen molar-refractivity contribution in [3.63, 3.8) is 0 Å². The highest BCUT2D eigenvalue weighted by Gasteiger charge is 2.11. The predicted octanol–water partition coefficient (Wildman–Crippen LogP) is 1.57. The Morgan fingerprint density at radius 2 is 2.00 bits per heavy atom. The minimum absolute atomic E-state index is 0.412. The molecule has 1 aromatic carbocycles. The van der Waals surface area contributed by atoms with E-state index in [0.717, 1.165) is 5.56 Å². The van der Waals surface area contributed by atoms with Gasteiger partial charge in [-0.15, -0.1) is 10.5 Å². The van der Waals surface area contributed by atoms with Gasteiger partial charge >= 0.3 is 0 Å². The first-order chi connectivity index (χ1) is 6.27. The Morgan fingerprint density at radius 1 is 1.23 bits per heavy atom. The molecule has 1 heterocycles. The topological polar surface area (TPSA) is 52.5 Å². The maximum absolute atomic E-state index is 5.96. The van der Waals surface area contributed by atoms with Crippen LogP contribution < -0.4 is 11.2 Å². The van der Waals surface area contributed by atoms with Crippen LogP contribution in [-0.2, 0) is 0 Å². The van der Waals surface area contributed by atoms with Gasteiger partial charge in [-0.05, 0) is 6.07 Å². The fraction of sp³-hybridized carbons (Fsp3) is 0. The summed E-state index contributed by atoms with van der Waals surface area (Å²) in [6.07, 6.45) is 1.70. The number of halogens is 1. The summed E-state index contributed by atoms with van der Waals surface area (Å²) in [5.41, 5.74) is 10.9. The Morgan fingerprint density at radius 3 is 2.62 bits per heavy atom. The van der Waals surface area contributed by atoms with Crippen LogP contribution in [0.15, 0.2) is 35.4 Å². The number of benzene rings is 1. The molecule has 0 saturated carbocycles. The van der Waals surface area contributed by atoms with E-state index in [0.29, 0.717) is 16.6 Å². The maximum Gasteiger partial charge on any atom is 0.148 e. The van der Waals surface area contributed by atoms with Gasteiger partial charge in [0.05, 0.1) is 10.7 Å². The summed E-state index contributed by atoms with van der Waals surface area (Å²) in [6, 6.07) is 7.45. The van der Waals surface area contributed by atoms with Gasteiger partial charge in [0.25, 0.3) is 0 Å². The summed E-state index contributed by atoms with van der Waals surface area (Å²) in [5.74, 6) is 0.412. The van der Waals surface area contributed by atoms with E-state index >= 15 is 0 Å². The van der Waals surface area contributed by atoms with Crippen LogP contribution in [0.2, 0.25) is 5.02 Å². The van der Waals surface area contributed by atoms with Crippen molar-refractivity contribution in [2.45, 2.75) is 0 Å². The molecular formula is C9H7ClN3. The van der Waals surface area contributed by atoms with Gasteiger partial charge in [0.1, 0.15) is 5.84 Å². The number of nitrogens with two attached hydrogens (primary N) is 1. The molecular weight excluding hydrogens is 186 g/mol. The SMILES string of the molecule is NC1=N[N]C(c2ccccc2Cl)=C1. The summed E-state index contributed by atoms with van der Waals surface area (Å²) < 4.78 is 0. The molecule has 1 aliphatic rings. The average Bonchev–Trinajstić information content (AvgIpc) is 2.53. The quantitative estimate of drug-likeness (QED) is 0.722. The Balaban J connectivity index is 2.38. The summed E-state index contributed by atoms with van der Waals surface area (Å²) >= 11 is 5.96. The van der Waals surface area contributed by atoms with Crippen molar-refractivity contribution in [3.05, 3.63) is 40.9 Å². The minimum atomic E-state index is 0.412. The van der Waals surface area contributed by atoms with E-state index in [1.165, 1.54) is 0 Å². The van der Waals surface area contributed by atoms with Gasteiger partial charge in [-0.2, -0.15) is 0 Å². The summed E-state index contributed by atoms with van der Waals surface area (Å²) in [5, 5.41) is 4.36. The van der Waals surface area contributed by atoms with Gasteiger partial charge in [-0.25, -0.2) is 0 Å². The van der Waals surface area contributed by atoms with Gasteiger partial charge in [0.15, 0.2) is 0 Å². The van der Waals surface area contributed by atoms with Crippen LogP contribution in [0, 0.1) is 0 Å². The lowest BCUT2D eigenvalue weighted by molar-refractivity contribution is 0.991. The Kier molecular flexibility index (Phi) is 1.94. The van der Waals surface area contributed by atoms with E-state index in [9.17, 15) is 0 Å². The summed E-state index contributed by atoms with van der Waals surface area (Å²) in [4.78, 5) is 0. The number of rotatable bonds is 1. The largest absolute Gasteiger partial charge is 0.382 e. The van der Waals surface area contributed by atoms with Gasteiger partial charge < -0.3 is 5.73 Å². The second-order valence-corrected chi connectivity index (χ2v) is 3.04. The number of nitrogens with zero attached hydrogens (tertiary/aromatic N) is 2. The standard InChI is InChI=1S/C9H7ClN3/c10-7-4-2-1-3-6(7)8-5-9(11)13-12-8/h1-5H,(H2,11,13). The van der Waals surface area contributed by atoms with Crippen LogP contribution in [0.3, 0.4) is 0 Å². The first-order valence-electron chi connectivity index (χ1n) is 3.78. The molecule has 2 rings (SSSR count). The molecule has 0 atom stereocenters. The third-order valence-corrected chi connectivity index (χ3v) is 2.04. The Bertz CT molecular complexity index is 396. The Labute approximate surface area is 80.9 Å². The highest BCUT2D eigenvalue weighted by atomic mass is 35.5. The fourth-order valence-electron chi connectivity index (χ4n) is 1.11. The summed E-state index contributed by atoms with van der Waals surface area (Å²) in [7, 11) is 0. The molecule has 1 aromatic rings. The van der Waals surface area contributed by atoms with Crippen LogP contribution in [-0.4, -0.2) is 5.84 Å². The lowest BCUT2D eigenvalue weighted by Crippen LogP contribution is -2.04. The van der Waals surface area contributed by atoms with Crippen LogP contribution in [0.5, 0.6) is 0 Å². The van der Waals surface area contributed by atoms with Crippen molar-refractivity contribution in [2.24, 2.45) is 10.8 Å². The molecule has 0 aromatic heterocycles. The normalized spacial score (nSPS) is 14.8. The lowest BCUT2D eigenvalue weighted by atomic mass is 10.1. The van der Waals surface area contributed by atoms with E-state index in [1.54, 1.807) is 6.08 Å². The highest BCUT2D eigenvalue weighted by Crippen LogP contribution is 2.23. The third-order valence-electron chi connectivity index (χ3n) is 1.71. The van der Waals surface area contributed by atoms with Gasteiger partial charge in [-0.1, -0.05) is 29.8 Å². The predicted molar refractivity (Wildman–Crippen MR) is 53.2 cm³/mol. The van der Waals surface area contributed by atoms with E-state index in [4.69, 9.17) is 17.3 Å². The molecule has 4 heteroatoms. The smallest absolute Gasteiger partial charge is 0.148 e. The van der Waals surface area contributed by atoms with Crippen LogP contribution >= 0.6 is 11.6 Å². The van der Waals surface area contributed by atoms with E-state index in [-0.39, 0.29) is 0 Å². The molecule has 0 aliphatic carbocycles. The van der Waals surface area contributed by atoms with Crippen molar-refractivity contribution >= 4 is 23.1 Å². The monoisotopic (exact) mass is 192 g/mol. The zero-order valence-electron chi connectivity index (χ0n) is 6.74. The average molecular weight is 193 g/mol. The summed E-state index contributed by atoms with van der Waals surface area (Å²) in [6.45, 7) is 0. The first kappa shape index (κ1) is 8.13. The molecule has 0 fully saturated rings. The molecule has 0 amide bonds. The molecule has 3 nitrogen and oxygen atoms in total. The van der Waals surface area contributed by atoms with Crippen LogP contribution in [0.1, 0.15) is 5.56 Å². The van der Waals surface area contributed by atoms with Crippen molar-refractivity contribution in [1.29, 1.82) is 0 Å². The molecule has 1 radical (unpaired) electrons. The minimum Gasteiger partial charge on any atom is -0.382 e. The molecule has 0 bridgehead atoms. The highest BCUT2D eigenvalue weighted by molar-refractivity contribution is 6.32. The van der Waals surface area contributed by atoms with Crippen molar-refractivity contribution in [1.82, 2.24) is 5.43 Å². The van der Waals surface area contributed by atoms with Gasteiger partial charge in [-0.3, -0.25) is 0 Å². The molecule has 1 aliphatic heterocycles. The van der Waals surface area contributed by atoms with Crippen molar-refractivity contribution in [3.8, 4) is 0 Å². The number of hydrogen-bond acceptors (Lipinski definition) is 2. The lowest BCUT2D eigenvalue weighted by Gasteiger charge is -2.01. The zero-order chi connectivity index (χ0) is 9.26. The van der Waals surface area contributed by atoms with E-state index < -0.39 is 0 Å². The Hall–Kier alpha value is -1.48. The molecule has 0 spiro atoms.